The Morgan fingerprint density at radius 2 is 1.90 bits per heavy atom. The third-order valence-corrected chi connectivity index (χ3v) is 2.91. The zero-order valence-electron chi connectivity index (χ0n) is 11.5. The molecule has 5 heteroatoms. The average molecular weight is 285 g/mol. The van der Waals surface area contributed by atoms with Gasteiger partial charge in [0.1, 0.15) is 0 Å². The van der Waals surface area contributed by atoms with Crippen molar-refractivity contribution >= 4 is 17.6 Å². The van der Waals surface area contributed by atoms with Crippen molar-refractivity contribution in [3.8, 4) is 0 Å². The van der Waals surface area contributed by atoms with Crippen LogP contribution in [0.2, 0.25) is 0 Å². The second-order valence-corrected chi connectivity index (χ2v) is 4.44. The third-order valence-electron chi connectivity index (χ3n) is 2.91. The minimum Gasteiger partial charge on any atom is -0.478 e. The molecule has 2 aromatic rings. The van der Waals surface area contributed by atoms with Gasteiger partial charge < -0.3 is 15.2 Å². The standard InChI is InChI=1S/C16H15NO4/c1-21-10-11-5-4-6-12(9-11)15(18)17-14-8-3-2-7-13(14)16(19)20/h2-9H,10H2,1H3,(H,17,18)(H,19,20). The number of nitrogens with one attached hydrogen (secondary N) is 1. The third kappa shape index (κ3) is 3.67. The van der Waals surface area contributed by atoms with Gasteiger partial charge in [0.25, 0.3) is 5.91 Å². The Balaban J connectivity index is 2.22. The van der Waals surface area contributed by atoms with Crippen LogP contribution >= 0.6 is 0 Å². The van der Waals surface area contributed by atoms with Crippen molar-refractivity contribution in [2.24, 2.45) is 0 Å². The van der Waals surface area contributed by atoms with Gasteiger partial charge in [-0.15, -0.1) is 0 Å². The van der Waals surface area contributed by atoms with Crippen LogP contribution in [-0.2, 0) is 11.3 Å². The number of carbonyl (C=O) groups excluding carboxylic acids is 1. The predicted molar refractivity (Wildman–Crippen MR) is 78.5 cm³/mol. The molecule has 0 saturated carbocycles. The van der Waals surface area contributed by atoms with E-state index in [1.807, 2.05) is 6.07 Å². The molecular weight excluding hydrogens is 270 g/mol. The zero-order chi connectivity index (χ0) is 15.2. The fourth-order valence-corrected chi connectivity index (χ4v) is 1.94. The molecule has 0 atom stereocenters. The van der Waals surface area contributed by atoms with Crippen LogP contribution in [0.4, 0.5) is 5.69 Å². The number of para-hydroxylation sites is 1. The minimum atomic E-state index is -1.08. The number of aromatic carboxylic acids is 1. The van der Waals surface area contributed by atoms with Crippen LogP contribution in [0.25, 0.3) is 0 Å². The minimum absolute atomic E-state index is 0.0545. The molecule has 2 aromatic carbocycles. The number of hydrogen-bond acceptors (Lipinski definition) is 3. The molecule has 0 aliphatic carbocycles. The summed E-state index contributed by atoms with van der Waals surface area (Å²) in [4.78, 5) is 23.3. The summed E-state index contributed by atoms with van der Waals surface area (Å²) in [6.07, 6.45) is 0. The van der Waals surface area contributed by atoms with Gasteiger partial charge in [-0.3, -0.25) is 4.79 Å². The molecule has 0 aliphatic heterocycles. The van der Waals surface area contributed by atoms with E-state index in [0.29, 0.717) is 12.2 Å². The van der Waals surface area contributed by atoms with Gasteiger partial charge in [0.05, 0.1) is 17.9 Å². The van der Waals surface area contributed by atoms with Gasteiger partial charge in [-0.25, -0.2) is 4.79 Å². The first kappa shape index (κ1) is 14.7. The summed E-state index contributed by atoms with van der Waals surface area (Å²) in [6, 6.07) is 13.3. The van der Waals surface area contributed by atoms with Crippen molar-refractivity contribution in [2.45, 2.75) is 6.61 Å². The molecule has 2 N–H and O–H groups in total. The number of amides is 1. The molecule has 108 valence electrons. The van der Waals surface area contributed by atoms with Crippen molar-refractivity contribution in [3.63, 3.8) is 0 Å². The number of ether oxygens (including phenoxy) is 1. The van der Waals surface area contributed by atoms with Crippen LogP contribution < -0.4 is 5.32 Å². The molecule has 0 aliphatic rings. The predicted octanol–water partition coefficient (Wildman–Crippen LogP) is 2.78. The van der Waals surface area contributed by atoms with Gasteiger partial charge in [-0.1, -0.05) is 24.3 Å². The second-order valence-electron chi connectivity index (χ2n) is 4.44. The highest BCUT2D eigenvalue weighted by Crippen LogP contribution is 2.16. The topological polar surface area (TPSA) is 75.6 Å². The van der Waals surface area contributed by atoms with E-state index in [2.05, 4.69) is 5.32 Å². The maximum absolute atomic E-state index is 12.2. The Bertz CT molecular complexity index is 667. The van der Waals surface area contributed by atoms with Gasteiger partial charge in [-0.2, -0.15) is 0 Å². The van der Waals surface area contributed by atoms with Crippen LogP contribution in [0.5, 0.6) is 0 Å². The van der Waals surface area contributed by atoms with Crippen molar-refractivity contribution < 1.29 is 19.4 Å². The normalized spacial score (nSPS) is 10.1. The molecule has 21 heavy (non-hydrogen) atoms. The van der Waals surface area contributed by atoms with Crippen LogP contribution in [0.3, 0.4) is 0 Å². The van der Waals surface area contributed by atoms with E-state index in [1.165, 1.54) is 6.07 Å². The smallest absolute Gasteiger partial charge is 0.337 e. The van der Waals surface area contributed by atoms with Crippen LogP contribution in [0.15, 0.2) is 48.5 Å². The first-order valence-electron chi connectivity index (χ1n) is 6.33. The van der Waals surface area contributed by atoms with Crippen molar-refractivity contribution in [2.75, 3.05) is 12.4 Å². The summed E-state index contributed by atoms with van der Waals surface area (Å²) in [7, 11) is 1.58. The fourth-order valence-electron chi connectivity index (χ4n) is 1.94. The van der Waals surface area contributed by atoms with Crippen molar-refractivity contribution in [1.82, 2.24) is 0 Å². The Labute approximate surface area is 122 Å². The van der Waals surface area contributed by atoms with Crippen molar-refractivity contribution in [3.05, 3.63) is 65.2 Å². The first-order chi connectivity index (χ1) is 10.1. The van der Waals surface area contributed by atoms with Crippen LogP contribution in [-0.4, -0.2) is 24.1 Å². The quantitative estimate of drug-likeness (QED) is 0.885. The largest absolute Gasteiger partial charge is 0.478 e. The van der Waals surface area contributed by atoms with E-state index >= 15 is 0 Å². The van der Waals surface area contributed by atoms with Gasteiger partial charge in [-0.05, 0) is 29.8 Å². The molecule has 0 unspecified atom stereocenters. The summed E-state index contributed by atoms with van der Waals surface area (Å²) in [6.45, 7) is 0.410. The van der Waals surface area contributed by atoms with Crippen molar-refractivity contribution in [1.29, 1.82) is 0 Å². The molecule has 0 aromatic heterocycles. The van der Waals surface area contributed by atoms with E-state index < -0.39 is 5.97 Å². The lowest BCUT2D eigenvalue weighted by Gasteiger charge is -2.09. The monoisotopic (exact) mass is 285 g/mol. The van der Waals surface area contributed by atoms with Gasteiger partial charge in [0, 0.05) is 12.7 Å². The highest BCUT2D eigenvalue weighted by molar-refractivity contribution is 6.07. The molecule has 5 nitrogen and oxygen atoms in total. The molecule has 0 bridgehead atoms. The average Bonchev–Trinajstić information content (AvgIpc) is 2.48. The van der Waals surface area contributed by atoms with Gasteiger partial charge >= 0.3 is 5.97 Å². The maximum Gasteiger partial charge on any atom is 0.337 e. The summed E-state index contributed by atoms with van der Waals surface area (Å²) in [5.74, 6) is -1.44. The molecule has 0 heterocycles. The molecule has 0 radical (unpaired) electrons. The number of anilines is 1. The summed E-state index contributed by atoms with van der Waals surface area (Å²) >= 11 is 0. The molecule has 2 rings (SSSR count). The number of rotatable bonds is 5. The molecular formula is C16H15NO4. The zero-order valence-corrected chi connectivity index (χ0v) is 11.5. The van der Waals surface area contributed by atoms with E-state index in [0.717, 1.165) is 5.56 Å². The summed E-state index contributed by atoms with van der Waals surface area (Å²) < 4.78 is 5.02. The van der Waals surface area contributed by atoms with Gasteiger partial charge in [0.15, 0.2) is 0 Å². The maximum atomic E-state index is 12.2. The highest BCUT2D eigenvalue weighted by Gasteiger charge is 2.13. The van der Waals surface area contributed by atoms with Gasteiger partial charge in [0.2, 0.25) is 0 Å². The Morgan fingerprint density at radius 3 is 2.62 bits per heavy atom. The SMILES string of the molecule is COCc1cccc(C(=O)Nc2ccccc2C(=O)O)c1. The van der Waals surface area contributed by atoms with E-state index in [-0.39, 0.29) is 17.2 Å². The van der Waals surface area contributed by atoms with E-state index in [1.54, 1.807) is 43.5 Å². The number of hydrogen-bond donors (Lipinski definition) is 2. The number of methoxy groups -OCH3 is 1. The molecule has 0 fully saturated rings. The highest BCUT2D eigenvalue weighted by atomic mass is 16.5. The van der Waals surface area contributed by atoms with E-state index in [4.69, 9.17) is 9.84 Å². The van der Waals surface area contributed by atoms with Crippen LogP contribution in [0.1, 0.15) is 26.3 Å². The second kappa shape index (κ2) is 6.67. The van der Waals surface area contributed by atoms with Crippen LogP contribution in [0, 0.1) is 0 Å². The Morgan fingerprint density at radius 1 is 1.14 bits per heavy atom. The lowest BCUT2D eigenvalue weighted by Crippen LogP contribution is -2.15. The molecule has 0 spiro atoms. The number of carboxylic acid groups (broad SMARTS) is 1. The fraction of sp³-hybridized carbons (Fsp3) is 0.125. The first-order valence-corrected chi connectivity index (χ1v) is 6.33. The lowest BCUT2D eigenvalue weighted by molar-refractivity contribution is 0.0698. The van der Waals surface area contributed by atoms with E-state index in [9.17, 15) is 9.59 Å². The molecule has 0 saturated heterocycles. The summed E-state index contributed by atoms with van der Waals surface area (Å²) in [5.41, 5.74) is 1.65. The summed E-state index contributed by atoms with van der Waals surface area (Å²) in [5, 5.41) is 11.7. The molecule has 1 amide bonds. The number of carboxylic acids is 1. The number of benzene rings is 2. The lowest BCUT2D eigenvalue weighted by atomic mass is 10.1. The Kier molecular flexibility index (Phi) is 4.68. The number of carbonyl (C=O) groups is 2. The Hall–Kier alpha value is -2.66.